The van der Waals surface area contributed by atoms with E-state index in [4.69, 9.17) is 0 Å². The first-order chi connectivity index (χ1) is 9.16. The van der Waals surface area contributed by atoms with Crippen LogP contribution in [0.5, 0.6) is 5.75 Å². The Bertz CT molecular complexity index is 448. The van der Waals surface area contributed by atoms with Gasteiger partial charge in [0, 0.05) is 49.9 Å². The van der Waals surface area contributed by atoms with Gasteiger partial charge in [0.2, 0.25) is 0 Å². The fraction of sp³-hybridized carbons (Fsp3) is 0.571. The maximum absolute atomic E-state index is 14.1. The molecule has 0 amide bonds. The second-order valence-electron chi connectivity index (χ2n) is 5.39. The summed E-state index contributed by atoms with van der Waals surface area (Å²) in [4.78, 5) is 2.20. The first-order valence-corrected chi connectivity index (χ1v) is 6.79. The second kappa shape index (κ2) is 5.06. The molecule has 1 saturated carbocycles. The molecule has 1 heterocycles. The molecule has 1 aliphatic heterocycles. The van der Waals surface area contributed by atoms with Gasteiger partial charge in [-0.15, -0.1) is 0 Å². The van der Waals surface area contributed by atoms with Gasteiger partial charge in [-0.05, 0) is 18.8 Å². The van der Waals surface area contributed by atoms with Crippen LogP contribution >= 0.6 is 0 Å². The number of hydrogen-bond donors (Lipinski definition) is 2. The lowest BCUT2D eigenvalue weighted by Gasteiger charge is -2.35. The molecular weight excluding hydrogens is 250 g/mol. The van der Waals surface area contributed by atoms with Gasteiger partial charge in [0.15, 0.2) is 0 Å². The van der Waals surface area contributed by atoms with E-state index in [1.165, 1.54) is 0 Å². The van der Waals surface area contributed by atoms with E-state index in [2.05, 4.69) is 10.2 Å². The summed E-state index contributed by atoms with van der Waals surface area (Å²) in [6.45, 7) is 3.40. The van der Waals surface area contributed by atoms with Crippen molar-refractivity contribution in [1.29, 1.82) is 0 Å². The van der Waals surface area contributed by atoms with Crippen molar-refractivity contribution in [2.75, 3.05) is 26.2 Å². The van der Waals surface area contributed by atoms with Crippen LogP contribution in [0.15, 0.2) is 12.1 Å². The van der Waals surface area contributed by atoms with E-state index in [1.807, 2.05) is 0 Å². The normalized spacial score (nSPS) is 22.4. The number of benzene rings is 1. The number of nitrogens with zero attached hydrogens (tertiary/aromatic N) is 1. The maximum Gasteiger partial charge on any atom is 0.134 e. The van der Waals surface area contributed by atoms with Gasteiger partial charge >= 0.3 is 0 Å². The molecule has 0 spiro atoms. The lowest BCUT2D eigenvalue weighted by molar-refractivity contribution is 0.150. The van der Waals surface area contributed by atoms with Crippen molar-refractivity contribution in [3.63, 3.8) is 0 Å². The van der Waals surface area contributed by atoms with Crippen LogP contribution in [0, 0.1) is 17.6 Å². The molecule has 0 unspecified atom stereocenters. The minimum atomic E-state index is -0.728. The quantitative estimate of drug-likeness (QED) is 0.880. The van der Waals surface area contributed by atoms with E-state index in [-0.39, 0.29) is 17.4 Å². The molecule has 0 bridgehead atoms. The van der Waals surface area contributed by atoms with E-state index < -0.39 is 11.6 Å². The zero-order valence-corrected chi connectivity index (χ0v) is 10.7. The topological polar surface area (TPSA) is 35.5 Å². The van der Waals surface area contributed by atoms with Crippen LogP contribution < -0.4 is 5.32 Å². The van der Waals surface area contributed by atoms with Crippen LogP contribution in [-0.4, -0.2) is 36.2 Å². The van der Waals surface area contributed by atoms with Crippen LogP contribution in [0.25, 0.3) is 0 Å². The number of halogens is 2. The Morgan fingerprint density at radius 3 is 2.47 bits per heavy atom. The van der Waals surface area contributed by atoms with E-state index in [1.54, 1.807) is 0 Å². The van der Waals surface area contributed by atoms with Crippen LogP contribution in [0.1, 0.15) is 24.4 Å². The summed E-state index contributed by atoms with van der Waals surface area (Å²) < 4.78 is 27.2. The van der Waals surface area contributed by atoms with Crippen LogP contribution in [-0.2, 0) is 0 Å². The molecule has 1 saturated heterocycles. The molecule has 5 heteroatoms. The average Bonchev–Trinajstić information content (AvgIpc) is 3.18. The zero-order chi connectivity index (χ0) is 13.4. The molecular formula is C14H18F2N2O. The van der Waals surface area contributed by atoms with Crippen molar-refractivity contribution < 1.29 is 13.9 Å². The van der Waals surface area contributed by atoms with Crippen molar-refractivity contribution in [2.45, 2.75) is 18.9 Å². The van der Waals surface area contributed by atoms with Crippen LogP contribution in [0.2, 0.25) is 0 Å². The standard InChI is InChI=1S/C14H18F2N2O/c15-10-7-11(16)13(12(19)8-10)14(9-1-2-9)18-5-3-17-4-6-18/h7-9,14,17,19H,1-6H2/t14-/m1/s1. The summed E-state index contributed by atoms with van der Waals surface area (Å²) in [5, 5.41) is 13.2. The molecule has 2 N–H and O–H groups in total. The smallest absolute Gasteiger partial charge is 0.134 e. The summed E-state index contributed by atoms with van der Waals surface area (Å²) >= 11 is 0. The van der Waals surface area contributed by atoms with Crippen molar-refractivity contribution >= 4 is 0 Å². The van der Waals surface area contributed by atoms with E-state index in [9.17, 15) is 13.9 Å². The van der Waals surface area contributed by atoms with Crippen molar-refractivity contribution in [3.05, 3.63) is 29.3 Å². The van der Waals surface area contributed by atoms with Gasteiger partial charge in [-0.1, -0.05) is 0 Å². The molecule has 3 nitrogen and oxygen atoms in total. The number of phenols is 1. The lowest BCUT2D eigenvalue weighted by Crippen LogP contribution is -2.45. The summed E-state index contributed by atoms with van der Waals surface area (Å²) in [6.07, 6.45) is 2.09. The average molecular weight is 268 g/mol. The van der Waals surface area contributed by atoms with Gasteiger partial charge in [0.1, 0.15) is 17.4 Å². The molecule has 1 aliphatic carbocycles. The minimum Gasteiger partial charge on any atom is -0.507 e. The first-order valence-electron chi connectivity index (χ1n) is 6.79. The predicted octanol–water partition coefficient (Wildman–Crippen LogP) is 2.03. The third-order valence-electron chi connectivity index (χ3n) is 3.98. The molecule has 0 aromatic heterocycles. The molecule has 104 valence electrons. The molecule has 1 aromatic rings. The van der Waals surface area contributed by atoms with Crippen LogP contribution in [0.3, 0.4) is 0 Å². The molecule has 19 heavy (non-hydrogen) atoms. The Labute approximate surface area is 111 Å². The highest BCUT2D eigenvalue weighted by Gasteiger charge is 2.39. The monoisotopic (exact) mass is 268 g/mol. The third-order valence-corrected chi connectivity index (χ3v) is 3.98. The molecule has 1 aromatic carbocycles. The largest absolute Gasteiger partial charge is 0.507 e. The SMILES string of the molecule is Oc1cc(F)cc(F)c1[C@@H](C1CC1)N1CCNCC1. The fourth-order valence-electron chi connectivity index (χ4n) is 2.95. The number of phenolic OH excluding ortho intramolecular Hbond substituents is 1. The molecule has 3 rings (SSSR count). The Balaban J connectivity index is 1.95. The number of nitrogens with one attached hydrogen (secondary N) is 1. The van der Waals surface area contributed by atoms with Crippen molar-refractivity contribution in [3.8, 4) is 5.75 Å². The van der Waals surface area contributed by atoms with E-state index in [0.717, 1.165) is 51.2 Å². The molecule has 2 aliphatic rings. The number of piperazine rings is 1. The zero-order valence-electron chi connectivity index (χ0n) is 10.7. The highest BCUT2D eigenvalue weighted by molar-refractivity contribution is 5.38. The van der Waals surface area contributed by atoms with Gasteiger partial charge in [0.25, 0.3) is 0 Å². The second-order valence-corrected chi connectivity index (χ2v) is 5.39. The number of hydrogen-bond acceptors (Lipinski definition) is 3. The maximum atomic E-state index is 14.1. The van der Waals surface area contributed by atoms with Crippen molar-refractivity contribution in [1.82, 2.24) is 10.2 Å². The fourth-order valence-corrected chi connectivity index (χ4v) is 2.95. The summed E-state index contributed by atoms with van der Waals surface area (Å²) in [6, 6.07) is 1.76. The van der Waals surface area contributed by atoms with E-state index >= 15 is 0 Å². The van der Waals surface area contributed by atoms with Gasteiger partial charge in [-0.25, -0.2) is 8.78 Å². The predicted molar refractivity (Wildman–Crippen MR) is 67.9 cm³/mol. The summed E-state index contributed by atoms with van der Waals surface area (Å²) in [5.41, 5.74) is 0.269. The summed E-state index contributed by atoms with van der Waals surface area (Å²) in [7, 11) is 0. The Morgan fingerprint density at radius 2 is 1.89 bits per heavy atom. The van der Waals surface area contributed by atoms with Gasteiger partial charge in [-0.3, -0.25) is 4.90 Å². The van der Waals surface area contributed by atoms with Crippen LogP contribution in [0.4, 0.5) is 8.78 Å². The highest BCUT2D eigenvalue weighted by atomic mass is 19.1. The van der Waals surface area contributed by atoms with Gasteiger partial charge in [0.05, 0.1) is 0 Å². The molecule has 1 atom stereocenters. The summed E-state index contributed by atoms with van der Waals surface area (Å²) in [5.74, 6) is -1.24. The first kappa shape index (κ1) is 12.8. The molecule has 2 fully saturated rings. The minimum absolute atomic E-state index is 0.123. The highest BCUT2D eigenvalue weighted by Crippen LogP contribution is 2.47. The lowest BCUT2D eigenvalue weighted by atomic mass is 9.98. The third kappa shape index (κ3) is 2.58. The Morgan fingerprint density at radius 1 is 1.21 bits per heavy atom. The van der Waals surface area contributed by atoms with Gasteiger partial charge in [-0.2, -0.15) is 0 Å². The Kier molecular flexibility index (Phi) is 3.41. The molecule has 0 radical (unpaired) electrons. The van der Waals surface area contributed by atoms with Crippen molar-refractivity contribution in [2.24, 2.45) is 5.92 Å². The van der Waals surface area contributed by atoms with E-state index in [0.29, 0.717) is 5.92 Å². The van der Waals surface area contributed by atoms with Gasteiger partial charge < -0.3 is 10.4 Å². The number of aromatic hydroxyl groups is 1. The number of rotatable bonds is 3. The Hall–Kier alpha value is -1.20.